The van der Waals surface area contributed by atoms with E-state index in [4.69, 9.17) is 0 Å². The van der Waals surface area contributed by atoms with Gasteiger partial charge in [0, 0.05) is 22.0 Å². The molecule has 0 atom stereocenters. The number of hydrogen-bond acceptors (Lipinski definition) is 4. The standard InChI is InChI=1S/C13H11N3S/c1-2-5-12-10(4-1)8-11(17-12)9-16-13-14-6-3-7-15-13/h1-8H,9H2,(H,14,15,16). The summed E-state index contributed by atoms with van der Waals surface area (Å²) in [6.45, 7) is 0.767. The van der Waals surface area contributed by atoms with Crippen LogP contribution >= 0.6 is 11.3 Å². The maximum atomic E-state index is 4.13. The van der Waals surface area contributed by atoms with E-state index >= 15 is 0 Å². The van der Waals surface area contributed by atoms with Crippen molar-refractivity contribution in [2.75, 3.05) is 5.32 Å². The maximum Gasteiger partial charge on any atom is 0.222 e. The number of nitrogens with zero attached hydrogens (tertiary/aromatic N) is 2. The van der Waals surface area contributed by atoms with Crippen LogP contribution in [0.2, 0.25) is 0 Å². The van der Waals surface area contributed by atoms with Crippen molar-refractivity contribution in [3.05, 3.63) is 53.7 Å². The first kappa shape index (κ1) is 10.2. The van der Waals surface area contributed by atoms with Gasteiger partial charge < -0.3 is 5.32 Å². The molecule has 17 heavy (non-hydrogen) atoms. The fourth-order valence-corrected chi connectivity index (χ4v) is 2.68. The SMILES string of the molecule is c1cnc(NCc2cc3ccccc3s2)nc1. The van der Waals surface area contributed by atoms with Crippen molar-refractivity contribution in [2.24, 2.45) is 0 Å². The van der Waals surface area contributed by atoms with Crippen molar-refractivity contribution in [2.45, 2.75) is 6.54 Å². The molecule has 0 fully saturated rings. The predicted octanol–water partition coefficient (Wildman–Crippen LogP) is 3.30. The molecule has 84 valence electrons. The van der Waals surface area contributed by atoms with Gasteiger partial charge >= 0.3 is 0 Å². The molecule has 2 heterocycles. The van der Waals surface area contributed by atoms with E-state index in [-0.39, 0.29) is 0 Å². The monoisotopic (exact) mass is 241 g/mol. The number of benzene rings is 1. The zero-order valence-electron chi connectivity index (χ0n) is 9.13. The molecule has 0 aliphatic carbocycles. The van der Waals surface area contributed by atoms with Crippen molar-refractivity contribution < 1.29 is 0 Å². The normalized spacial score (nSPS) is 10.6. The van der Waals surface area contributed by atoms with Gasteiger partial charge in [0.2, 0.25) is 5.95 Å². The Balaban J connectivity index is 1.77. The van der Waals surface area contributed by atoms with E-state index < -0.39 is 0 Å². The van der Waals surface area contributed by atoms with Crippen molar-refractivity contribution >= 4 is 27.4 Å². The maximum absolute atomic E-state index is 4.13. The van der Waals surface area contributed by atoms with Crippen LogP contribution in [0.5, 0.6) is 0 Å². The molecule has 3 nitrogen and oxygen atoms in total. The topological polar surface area (TPSA) is 37.8 Å². The van der Waals surface area contributed by atoms with Gasteiger partial charge in [-0.15, -0.1) is 11.3 Å². The van der Waals surface area contributed by atoms with Gasteiger partial charge in [-0.1, -0.05) is 18.2 Å². The number of nitrogens with one attached hydrogen (secondary N) is 1. The lowest BCUT2D eigenvalue weighted by Crippen LogP contribution is -2.00. The first-order valence-electron chi connectivity index (χ1n) is 5.40. The second-order valence-corrected chi connectivity index (χ2v) is 4.84. The van der Waals surface area contributed by atoms with Gasteiger partial charge in [0.1, 0.15) is 0 Å². The highest BCUT2D eigenvalue weighted by Crippen LogP contribution is 2.25. The average molecular weight is 241 g/mol. The third-order valence-electron chi connectivity index (χ3n) is 2.46. The summed E-state index contributed by atoms with van der Waals surface area (Å²) >= 11 is 1.80. The van der Waals surface area contributed by atoms with Crippen LogP contribution in [0, 0.1) is 0 Å². The number of aromatic nitrogens is 2. The van der Waals surface area contributed by atoms with Crippen molar-refractivity contribution in [3.63, 3.8) is 0 Å². The summed E-state index contributed by atoms with van der Waals surface area (Å²) in [5.74, 6) is 0.671. The van der Waals surface area contributed by atoms with Crippen LogP contribution in [0.15, 0.2) is 48.8 Å². The van der Waals surface area contributed by atoms with Crippen molar-refractivity contribution in [1.29, 1.82) is 0 Å². The summed E-state index contributed by atoms with van der Waals surface area (Å²) in [4.78, 5) is 9.55. The highest BCUT2D eigenvalue weighted by molar-refractivity contribution is 7.19. The molecule has 0 radical (unpaired) electrons. The molecule has 3 aromatic rings. The van der Waals surface area contributed by atoms with Gasteiger partial charge in [0.25, 0.3) is 0 Å². The Morgan fingerprint density at radius 2 is 1.88 bits per heavy atom. The first-order chi connectivity index (χ1) is 8.42. The average Bonchev–Trinajstić information content (AvgIpc) is 2.80. The molecule has 1 N–H and O–H groups in total. The zero-order valence-corrected chi connectivity index (χ0v) is 9.95. The highest BCUT2D eigenvalue weighted by atomic mass is 32.1. The zero-order chi connectivity index (χ0) is 11.5. The Kier molecular flexibility index (Phi) is 2.71. The summed E-state index contributed by atoms with van der Waals surface area (Å²) in [5.41, 5.74) is 0. The van der Waals surface area contributed by atoms with Gasteiger partial charge in [0.15, 0.2) is 0 Å². The largest absolute Gasteiger partial charge is 0.349 e. The fraction of sp³-hybridized carbons (Fsp3) is 0.0769. The van der Waals surface area contributed by atoms with E-state index in [2.05, 4.69) is 45.6 Å². The lowest BCUT2D eigenvalue weighted by molar-refractivity contribution is 1.07. The van der Waals surface area contributed by atoms with Gasteiger partial charge in [-0.05, 0) is 23.6 Å². The van der Waals surface area contributed by atoms with Gasteiger partial charge in [-0.2, -0.15) is 0 Å². The molecule has 0 saturated carbocycles. The predicted molar refractivity (Wildman–Crippen MR) is 71.2 cm³/mol. The van der Waals surface area contributed by atoms with E-state index in [9.17, 15) is 0 Å². The minimum absolute atomic E-state index is 0.671. The van der Waals surface area contributed by atoms with Crippen LogP contribution in [0.1, 0.15) is 4.88 Å². The minimum atomic E-state index is 0.671. The second kappa shape index (κ2) is 4.51. The Bertz CT molecular complexity index is 586. The van der Waals surface area contributed by atoms with E-state index in [1.807, 2.05) is 6.07 Å². The summed E-state index contributed by atoms with van der Waals surface area (Å²) in [6, 6.07) is 12.4. The summed E-state index contributed by atoms with van der Waals surface area (Å²) in [5, 5.41) is 4.50. The molecule has 0 unspecified atom stereocenters. The number of rotatable bonds is 3. The third kappa shape index (κ3) is 2.26. The van der Waals surface area contributed by atoms with Crippen molar-refractivity contribution in [1.82, 2.24) is 9.97 Å². The smallest absolute Gasteiger partial charge is 0.222 e. The molecular formula is C13H11N3S. The van der Waals surface area contributed by atoms with E-state index in [1.165, 1.54) is 15.0 Å². The molecule has 4 heteroatoms. The first-order valence-corrected chi connectivity index (χ1v) is 6.22. The Morgan fingerprint density at radius 3 is 2.71 bits per heavy atom. The quantitative estimate of drug-likeness (QED) is 0.764. The molecule has 0 saturated heterocycles. The van der Waals surface area contributed by atoms with E-state index in [1.54, 1.807) is 23.7 Å². The second-order valence-electron chi connectivity index (χ2n) is 3.68. The molecule has 1 aromatic carbocycles. The third-order valence-corrected chi connectivity index (χ3v) is 3.58. The molecule has 0 aliphatic heterocycles. The van der Waals surface area contributed by atoms with E-state index in [0.717, 1.165) is 6.54 Å². The van der Waals surface area contributed by atoms with Crippen LogP contribution in [0.4, 0.5) is 5.95 Å². The molecule has 0 spiro atoms. The van der Waals surface area contributed by atoms with E-state index in [0.29, 0.717) is 5.95 Å². The molecule has 0 amide bonds. The Labute approximate surface area is 103 Å². The van der Waals surface area contributed by atoms with Crippen molar-refractivity contribution in [3.8, 4) is 0 Å². The van der Waals surface area contributed by atoms with Gasteiger partial charge in [-0.3, -0.25) is 0 Å². The number of hydrogen-bond donors (Lipinski definition) is 1. The molecule has 0 bridgehead atoms. The molecule has 0 aliphatic rings. The van der Waals surface area contributed by atoms with Crippen LogP contribution in [0.25, 0.3) is 10.1 Å². The number of thiophene rings is 1. The van der Waals surface area contributed by atoms with Gasteiger partial charge in [-0.25, -0.2) is 9.97 Å². The Hall–Kier alpha value is -1.94. The summed E-state index contributed by atoms with van der Waals surface area (Å²) < 4.78 is 1.32. The number of anilines is 1. The molecule has 2 aromatic heterocycles. The fourth-order valence-electron chi connectivity index (χ4n) is 1.68. The number of fused-ring (bicyclic) bond motifs is 1. The van der Waals surface area contributed by atoms with Crippen LogP contribution in [-0.2, 0) is 6.54 Å². The van der Waals surface area contributed by atoms with Gasteiger partial charge in [0.05, 0.1) is 6.54 Å². The lowest BCUT2D eigenvalue weighted by atomic mass is 10.2. The Morgan fingerprint density at radius 1 is 1.06 bits per heavy atom. The summed E-state index contributed by atoms with van der Waals surface area (Å²) in [6.07, 6.45) is 3.47. The summed E-state index contributed by atoms with van der Waals surface area (Å²) in [7, 11) is 0. The van der Waals surface area contributed by atoms with Crippen LogP contribution in [-0.4, -0.2) is 9.97 Å². The molecule has 3 rings (SSSR count). The highest BCUT2D eigenvalue weighted by Gasteiger charge is 2.01. The lowest BCUT2D eigenvalue weighted by Gasteiger charge is -2.00. The van der Waals surface area contributed by atoms with Crippen LogP contribution in [0.3, 0.4) is 0 Å². The molecular weight excluding hydrogens is 230 g/mol. The van der Waals surface area contributed by atoms with Crippen LogP contribution < -0.4 is 5.32 Å². The minimum Gasteiger partial charge on any atom is -0.349 e.